The Morgan fingerprint density at radius 2 is 2.07 bits per heavy atom. The summed E-state index contributed by atoms with van der Waals surface area (Å²) < 4.78 is 17.3. The standard InChI is InChI=1S/C31H36ClN3O5S/c1-19-13-34(22-16-39-17-22)10-8-21-7-6-20(12-25(19)21)15-40-29-23(4-3-5-26(29)32)27-18-41-31(33-27)35-11-9-24(30(36)37)28(14-35)38-2/h3-7,12,18-19,22,24,28H,8-11,13-17H2,1-2H3,(H,36,37)/t19-,24+,28-/m0/s1. The number of ether oxygens (including phenoxy) is 3. The lowest BCUT2D eigenvalue weighted by Crippen LogP contribution is -2.50. The van der Waals surface area contributed by atoms with E-state index in [4.69, 9.17) is 30.8 Å². The Morgan fingerprint density at radius 1 is 1.22 bits per heavy atom. The number of methoxy groups -OCH3 is 1. The fourth-order valence-corrected chi connectivity index (χ4v) is 7.24. The monoisotopic (exact) mass is 597 g/mol. The molecule has 0 bridgehead atoms. The molecule has 41 heavy (non-hydrogen) atoms. The van der Waals surface area contributed by atoms with E-state index in [1.165, 1.54) is 22.5 Å². The van der Waals surface area contributed by atoms with E-state index in [0.717, 1.165) is 54.7 Å². The van der Waals surface area contributed by atoms with E-state index in [1.807, 2.05) is 23.6 Å². The van der Waals surface area contributed by atoms with Crippen LogP contribution in [0, 0.1) is 5.92 Å². The molecule has 0 amide bonds. The summed E-state index contributed by atoms with van der Waals surface area (Å²) in [7, 11) is 1.57. The van der Waals surface area contributed by atoms with Crippen molar-refractivity contribution < 1.29 is 24.1 Å². The summed E-state index contributed by atoms with van der Waals surface area (Å²) in [6.45, 7) is 7.64. The number of para-hydroxylation sites is 1. The van der Waals surface area contributed by atoms with Crippen LogP contribution in [0.5, 0.6) is 5.75 Å². The SMILES string of the molecule is CO[C@H]1CN(c2nc(-c3cccc(Cl)c3OCc3ccc4c(c3)[C@@H](C)CN(C3COC3)CC4)cs2)CC[C@H]1C(=O)O. The number of thiazole rings is 1. The lowest BCUT2D eigenvalue weighted by Gasteiger charge is -2.37. The van der Waals surface area contributed by atoms with Crippen molar-refractivity contribution in [2.75, 3.05) is 51.4 Å². The Kier molecular flexibility index (Phi) is 8.51. The first kappa shape index (κ1) is 28.4. The van der Waals surface area contributed by atoms with E-state index in [0.29, 0.717) is 48.8 Å². The van der Waals surface area contributed by atoms with Crippen LogP contribution in [-0.4, -0.2) is 79.6 Å². The van der Waals surface area contributed by atoms with Crippen LogP contribution in [0.4, 0.5) is 5.13 Å². The minimum absolute atomic E-state index is 0.377. The van der Waals surface area contributed by atoms with Crippen molar-refractivity contribution in [1.29, 1.82) is 0 Å². The summed E-state index contributed by atoms with van der Waals surface area (Å²) in [6, 6.07) is 13.0. The molecule has 4 heterocycles. The zero-order chi connectivity index (χ0) is 28.5. The van der Waals surface area contributed by atoms with E-state index in [1.54, 1.807) is 7.11 Å². The number of hydrogen-bond donors (Lipinski definition) is 1. The van der Waals surface area contributed by atoms with Gasteiger partial charge in [-0.2, -0.15) is 0 Å². The molecular weight excluding hydrogens is 562 g/mol. The predicted molar refractivity (Wildman–Crippen MR) is 160 cm³/mol. The van der Waals surface area contributed by atoms with Crippen molar-refractivity contribution in [3.63, 3.8) is 0 Å². The molecule has 0 aliphatic carbocycles. The highest BCUT2D eigenvalue weighted by Gasteiger charge is 2.35. The van der Waals surface area contributed by atoms with Gasteiger partial charge in [-0.05, 0) is 47.6 Å². The van der Waals surface area contributed by atoms with Gasteiger partial charge in [0.05, 0.1) is 42.0 Å². The van der Waals surface area contributed by atoms with Crippen molar-refractivity contribution >= 4 is 34.0 Å². The van der Waals surface area contributed by atoms with E-state index < -0.39 is 11.9 Å². The molecule has 6 rings (SSSR count). The number of benzene rings is 2. The molecule has 0 saturated carbocycles. The second-order valence-electron chi connectivity index (χ2n) is 11.2. The first-order valence-corrected chi connectivity index (χ1v) is 15.5. The molecule has 2 aromatic carbocycles. The zero-order valence-corrected chi connectivity index (χ0v) is 25.0. The summed E-state index contributed by atoms with van der Waals surface area (Å²) in [6.07, 6.45) is 1.19. The highest BCUT2D eigenvalue weighted by Crippen LogP contribution is 2.39. The van der Waals surface area contributed by atoms with Crippen LogP contribution < -0.4 is 9.64 Å². The number of fused-ring (bicyclic) bond motifs is 1. The molecule has 3 aromatic rings. The molecule has 3 aliphatic heterocycles. The number of aromatic nitrogens is 1. The number of carboxylic acid groups (broad SMARTS) is 1. The third kappa shape index (κ3) is 5.96. The lowest BCUT2D eigenvalue weighted by atomic mass is 9.93. The van der Waals surface area contributed by atoms with Crippen LogP contribution in [0.2, 0.25) is 5.02 Å². The van der Waals surface area contributed by atoms with Gasteiger partial charge in [-0.3, -0.25) is 9.69 Å². The topological polar surface area (TPSA) is 84.4 Å². The van der Waals surface area contributed by atoms with Gasteiger partial charge in [0, 0.05) is 44.2 Å². The Labute approximate surface area is 249 Å². The molecule has 3 aliphatic rings. The molecule has 10 heteroatoms. The predicted octanol–water partition coefficient (Wildman–Crippen LogP) is 5.33. The van der Waals surface area contributed by atoms with Crippen molar-refractivity contribution in [3.8, 4) is 17.0 Å². The third-order valence-electron chi connectivity index (χ3n) is 8.62. The van der Waals surface area contributed by atoms with Gasteiger partial charge in [0.1, 0.15) is 12.4 Å². The summed E-state index contributed by atoms with van der Waals surface area (Å²) in [5.74, 6) is -0.261. The number of halogens is 1. The molecule has 0 spiro atoms. The summed E-state index contributed by atoms with van der Waals surface area (Å²) in [4.78, 5) is 21.2. The molecule has 1 aromatic heterocycles. The number of carboxylic acids is 1. The molecule has 0 unspecified atom stereocenters. The van der Waals surface area contributed by atoms with Gasteiger partial charge in [0.25, 0.3) is 0 Å². The zero-order valence-electron chi connectivity index (χ0n) is 23.4. The van der Waals surface area contributed by atoms with E-state index >= 15 is 0 Å². The summed E-state index contributed by atoms with van der Waals surface area (Å²) >= 11 is 8.19. The van der Waals surface area contributed by atoms with Gasteiger partial charge in [-0.1, -0.05) is 42.8 Å². The lowest BCUT2D eigenvalue weighted by molar-refractivity contribution is -0.147. The first-order chi connectivity index (χ1) is 19.9. The Bertz CT molecular complexity index is 1400. The van der Waals surface area contributed by atoms with E-state index in [-0.39, 0.29) is 6.10 Å². The minimum atomic E-state index is -0.813. The maximum Gasteiger partial charge on any atom is 0.309 e. The van der Waals surface area contributed by atoms with Crippen molar-refractivity contribution in [1.82, 2.24) is 9.88 Å². The van der Waals surface area contributed by atoms with Crippen LogP contribution in [0.3, 0.4) is 0 Å². The number of hydrogen-bond acceptors (Lipinski definition) is 8. The van der Waals surface area contributed by atoms with Gasteiger partial charge in [0.15, 0.2) is 5.13 Å². The van der Waals surface area contributed by atoms with Crippen molar-refractivity contribution in [3.05, 3.63) is 63.5 Å². The minimum Gasteiger partial charge on any atom is -0.487 e. The number of piperidine rings is 1. The van der Waals surface area contributed by atoms with Crippen LogP contribution in [0.15, 0.2) is 41.8 Å². The highest BCUT2D eigenvalue weighted by atomic mass is 35.5. The average molecular weight is 598 g/mol. The van der Waals surface area contributed by atoms with Gasteiger partial charge >= 0.3 is 5.97 Å². The largest absolute Gasteiger partial charge is 0.487 e. The Morgan fingerprint density at radius 3 is 2.83 bits per heavy atom. The van der Waals surface area contributed by atoms with Gasteiger partial charge in [-0.25, -0.2) is 4.98 Å². The fourth-order valence-electron chi connectivity index (χ4n) is 6.15. The molecule has 218 valence electrons. The smallest absolute Gasteiger partial charge is 0.309 e. The maximum absolute atomic E-state index is 11.6. The molecule has 1 N–H and O–H groups in total. The van der Waals surface area contributed by atoms with Gasteiger partial charge in [0.2, 0.25) is 0 Å². The quantitative estimate of drug-likeness (QED) is 0.373. The number of anilines is 1. The second kappa shape index (κ2) is 12.3. The van der Waals surface area contributed by atoms with Crippen LogP contribution >= 0.6 is 22.9 Å². The number of rotatable bonds is 8. The summed E-state index contributed by atoms with van der Waals surface area (Å²) in [5, 5.41) is 12.9. The first-order valence-electron chi connectivity index (χ1n) is 14.2. The molecule has 2 fully saturated rings. The average Bonchev–Trinajstić information content (AvgIpc) is 3.38. The van der Waals surface area contributed by atoms with E-state index in [9.17, 15) is 9.90 Å². The normalized spacial score (nSPS) is 23.5. The Balaban J connectivity index is 1.17. The van der Waals surface area contributed by atoms with Crippen molar-refractivity contribution in [2.45, 2.75) is 44.4 Å². The molecule has 3 atom stereocenters. The summed E-state index contributed by atoms with van der Waals surface area (Å²) in [5.41, 5.74) is 5.56. The number of carbonyl (C=O) groups is 1. The van der Waals surface area contributed by atoms with Crippen molar-refractivity contribution in [2.24, 2.45) is 5.92 Å². The highest BCUT2D eigenvalue weighted by molar-refractivity contribution is 7.14. The molecule has 0 radical (unpaired) electrons. The number of aliphatic carboxylic acids is 1. The van der Waals surface area contributed by atoms with Gasteiger partial charge < -0.3 is 24.2 Å². The maximum atomic E-state index is 11.6. The molecule has 2 saturated heterocycles. The van der Waals surface area contributed by atoms with Gasteiger partial charge in [-0.15, -0.1) is 11.3 Å². The molecule has 8 nitrogen and oxygen atoms in total. The van der Waals surface area contributed by atoms with Crippen LogP contribution in [-0.2, 0) is 27.3 Å². The van der Waals surface area contributed by atoms with Crippen LogP contribution in [0.1, 0.15) is 36.0 Å². The third-order valence-corrected chi connectivity index (χ3v) is 9.82. The van der Waals surface area contributed by atoms with E-state index in [2.05, 4.69) is 34.9 Å². The molecular formula is C31H36ClN3O5S. The Hall–Kier alpha value is -2.69. The number of nitrogens with zero attached hydrogens (tertiary/aromatic N) is 3. The van der Waals surface area contributed by atoms with Crippen LogP contribution in [0.25, 0.3) is 11.3 Å². The fraction of sp³-hybridized carbons (Fsp3) is 0.484. The second-order valence-corrected chi connectivity index (χ2v) is 12.5.